The van der Waals surface area contributed by atoms with Gasteiger partial charge in [-0.25, -0.2) is 4.79 Å². The minimum Gasteiger partial charge on any atom is -0.465 e. The minimum atomic E-state index is -0.930. The number of nitrogen functional groups attached to an aromatic ring is 1. The largest absolute Gasteiger partial charge is 0.465 e. The Morgan fingerprint density at radius 3 is 2.46 bits per heavy atom. The molecule has 134 valence electrons. The van der Waals surface area contributed by atoms with Gasteiger partial charge >= 0.3 is 5.97 Å². The van der Waals surface area contributed by atoms with Gasteiger partial charge in [-0.1, -0.05) is 25.7 Å². The van der Waals surface area contributed by atoms with Crippen molar-refractivity contribution in [3.8, 4) is 11.8 Å². The molecule has 1 aliphatic rings. The number of methoxy groups -OCH3 is 1. The van der Waals surface area contributed by atoms with Crippen LogP contribution in [0.3, 0.4) is 0 Å². The number of carbonyl (C=O) groups is 1. The number of nitrogens with two attached hydrogens (primary N) is 1. The number of benzene rings is 2. The molecule has 0 saturated carbocycles. The Hall–Kier alpha value is -2.58. The fourth-order valence-corrected chi connectivity index (χ4v) is 4.72. The van der Waals surface area contributed by atoms with Gasteiger partial charge in [0.15, 0.2) is 0 Å². The molecule has 0 aromatic heterocycles. The number of carbonyl (C=O) groups excluding carboxylic acids is 1. The van der Waals surface area contributed by atoms with Crippen molar-refractivity contribution in [1.29, 1.82) is 0 Å². The maximum Gasteiger partial charge on any atom is 0.339 e. The lowest BCUT2D eigenvalue weighted by atomic mass is 9.81. The van der Waals surface area contributed by atoms with E-state index >= 15 is 0 Å². The van der Waals surface area contributed by atoms with Crippen LogP contribution in [0.25, 0.3) is 0 Å². The summed E-state index contributed by atoms with van der Waals surface area (Å²) in [4.78, 5) is 12.5. The predicted molar refractivity (Wildman–Crippen MR) is 104 cm³/mol. The third kappa shape index (κ3) is 3.51. The standard InChI is InChI=1S/C21H21NO3S/c1-21(2)10-11-26(24)19-9-7-14(12-17(19)21)4-5-15-6-8-16(18(22)13-15)20(23)25-3/h6-9,12-13H,10-11,22H2,1-3H3. The maximum atomic E-state index is 12.2. The van der Waals surface area contributed by atoms with Crippen molar-refractivity contribution in [3.63, 3.8) is 0 Å². The summed E-state index contributed by atoms with van der Waals surface area (Å²) in [5.41, 5.74) is 9.26. The van der Waals surface area contributed by atoms with Crippen molar-refractivity contribution in [2.24, 2.45) is 0 Å². The molecule has 3 rings (SSSR count). The van der Waals surface area contributed by atoms with Crippen LogP contribution in [0.4, 0.5) is 5.69 Å². The summed E-state index contributed by atoms with van der Waals surface area (Å²) < 4.78 is 16.9. The molecule has 0 aliphatic carbocycles. The zero-order valence-electron chi connectivity index (χ0n) is 15.1. The van der Waals surface area contributed by atoms with Gasteiger partial charge in [-0.3, -0.25) is 4.21 Å². The molecule has 2 aromatic rings. The highest BCUT2D eigenvalue weighted by Crippen LogP contribution is 2.37. The predicted octanol–water partition coefficient (Wildman–Crippen LogP) is 3.24. The molecule has 2 N–H and O–H groups in total. The van der Waals surface area contributed by atoms with E-state index in [0.717, 1.165) is 28.0 Å². The normalized spacial score (nSPS) is 17.6. The van der Waals surface area contributed by atoms with Crippen LogP contribution in [0.2, 0.25) is 0 Å². The van der Waals surface area contributed by atoms with Gasteiger partial charge in [0, 0.05) is 27.5 Å². The number of esters is 1. The third-order valence-electron chi connectivity index (χ3n) is 4.67. The van der Waals surface area contributed by atoms with E-state index in [4.69, 9.17) is 5.73 Å². The Balaban J connectivity index is 1.93. The average Bonchev–Trinajstić information content (AvgIpc) is 2.63. The molecular formula is C21H21NO3S. The van der Waals surface area contributed by atoms with Gasteiger partial charge in [0.2, 0.25) is 0 Å². The van der Waals surface area contributed by atoms with Crippen LogP contribution >= 0.6 is 0 Å². The van der Waals surface area contributed by atoms with Gasteiger partial charge in [-0.05, 0) is 53.8 Å². The van der Waals surface area contributed by atoms with Gasteiger partial charge < -0.3 is 10.5 Å². The minimum absolute atomic E-state index is 0.00642. The van der Waals surface area contributed by atoms with E-state index in [1.54, 1.807) is 18.2 Å². The number of rotatable bonds is 1. The van der Waals surface area contributed by atoms with E-state index in [-0.39, 0.29) is 5.41 Å². The number of anilines is 1. The topological polar surface area (TPSA) is 69.4 Å². The van der Waals surface area contributed by atoms with Crippen LogP contribution in [0, 0.1) is 11.8 Å². The molecule has 1 heterocycles. The van der Waals surface area contributed by atoms with Crippen LogP contribution in [0.1, 0.15) is 47.3 Å². The molecule has 1 atom stereocenters. The third-order valence-corrected chi connectivity index (χ3v) is 6.10. The number of hydrogen-bond donors (Lipinski definition) is 1. The number of hydrogen-bond acceptors (Lipinski definition) is 4. The van der Waals surface area contributed by atoms with E-state index in [1.807, 2.05) is 18.2 Å². The van der Waals surface area contributed by atoms with Crippen LogP contribution in [0.15, 0.2) is 41.3 Å². The summed E-state index contributed by atoms with van der Waals surface area (Å²) in [5, 5.41) is 0. The van der Waals surface area contributed by atoms with Crippen LogP contribution in [-0.4, -0.2) is 23.0 Å². The summed E-state index contributed by atoms with van der Waals surface area (Å²) in [6.07, 6.45) is 0.898. The first-order chi connectivity index (χ1) is 12.3. The van der Waals surface area contributed by atoms with Crippen molar-refractivity contribution in [3.05, 3.63) is 58.7 Å². The Bertz CT molecular complexity index is 967. The first kappa shape index (κ1) is 18.2. The van der Waals surface area contributed by atoms with E-state index < -0.39 is 16.8 Å². The zero-order chi connectivity index (χ0) is 18.9. The molecule has 0 bridgehead atoms. The zero-order valence-corrected chi connectivity index (χ0v) is 15.9. The second kappa shape index (κ2) is 6.97. The Morgan fingerprint density at radius 2 is 1.81 bits per heavy atom. The van der Waals surface area contributed by atoms with Gasteiger partial charge in [0.05, 0.1) is 23.5 Å². The van der Waals surface area contributed by atoms with Crippen LogP contribution in [-0.2, 0) is 21.0 Å². The SMILES string of the molecule is COC(=O)c1ccc(C#Cc2ccc3c(c2)C(C)(C)CCS3=O)cc1N. The summed E-state index contributed by atoms with van der Waals surface area (Å²) in [6, 6.07) is 10.9. The highest BCUT2D eigenvalue weighted by atomic mass is 32.2. The molecular weight excluding hydrogens is 346 g/mol. The van der Waals surface area contributed by atoms with Gasteiger partial charge in [-0.2, -0.15) is 0 Å². The average molecular weight is 367 g/mol. The molecule has 1 aliphatic heterocycles. The number of fused-ring (bicyclic) bond motifs is 1. The fourth-order valence-electron chi connectivity index (χ4n) is 3.01. The van der Waals surface area contributed by atoms with Crippen molar-refractivity contribution in [2.45, 2.75) is 30.6 Å². The lowest BCUT2D eigenvalue weighted by Gasteiger charge is -2.31. The molecule has 5 heteroatoms. The van der Waals surface area contributed by atoms with Crippen molar-refractivity contribution < 1.29 is 13.7 Å². The Labute approximate surface area is 156 Å². The van der Waals surface area contributed by atoms with E-state index in [1.165, 1.54) is 7.11 Å². The smallest absolute Gasteiger partial charge is 0.339 e. The van der Waals surface area contributed by atoms with E-state index in [9.17, 15) is 9.00 Å². The molecule has 1 unspecified atom stereocenters. The summed E-state index contributed by atoms with van der Waals surface area (Å²) in [6.45, 7) is 4.34. The Morgan fingerprint density at radius 1 is 1.15 bits per heavy atom. The molecule has 4 nitrogen and oxygen atoms in total. The van der Waals surface area contributed by atoms with E-state index in [0.29, 0.717) is 17.0 Å². The van der Waals surface area contributed by atoms with Crippen LogP contribution in [0.5, 0.6) is 0 Å². The Kier molecular flexibility index (Phi) is 4.88. The lowest BCUT2D eigenvalue weighted by molar-refractivity contribution is 0.0602. The molecule has 2 aromatic carbocycles. The summed E-state index contributed by atoms with van der Waals surface area (Å²) in [5.74, 6) is 6.45. The number of ether oxygens (including phenoxy) is 1. The summed E-state index contributed by atoms with van der Waals surface area (Å²) >= 11 is 0. The van der Waals surface area contributed by atoms with Crippen molar-refractivity contribution >= 4 is 22.5 Å². The molecule has 0 fully saturated rings. The first-order valence-corrected chi connectivity index (χ1v) is 9.66. The second-order valence-electron chi connectivity index (χ2n) is 6.94. The summed E-state index contributed by atoms with van der Waals surface area (Å²) in [7, 11) is 0.390. The van der Waals surface area contributed by atoms with Gasteiger partial charge in [-0.15, -0.1) is 0 Å². The molecule has 26 heavy (non-hydrogen) atoms. The highest BCUT2D eigenvalue weighted by Gasteiger charge is 2.31. The van der Waals surface area contributed by atoms with E-state index in [2.05, 4.69) is 30.4 Å². The first-order valence-electron chi connectivity index (χ1n) is 8.34. The van der Waals surface area contributed by atoms with Crippen LogP contribution < -0.4 is 5.73 Å². The maximum absolute atomic E-state index is 12.2. The van der Waals surface area contributed by atoms with Crippen molar-refractivity contribution in [2.75, 3.05) is 18.6 Å². The highest BCUT2D eigenvalue weighted by molar-refractivity contribution is 7.85. The molecule has 0 saturated heterocycles. The molecule has 0 spiro atoms. The second-order valence-corrected chi connectivity index (χ2v) is 8.48. The fraction of sp³-hybridized carbons (Fsp3) is 0.286. The van der Waals surface area contributed by atoms with Crippen molar-refractivity contribution in [1.82, 2.24) is 0 Å². The van der Waals surface area contributed by atoms with Gasteiger partial charge in [0.25, 0.3) is 0 Å². The molecule has 0 radical (unpaired) electrons. The monoisotopic (exact) mass is 367 g/mol. The quantitative estimate of drug-likeness (QED) is 0.477. The van der Waals surface area contributed by atoms with Gasteiger partial charge in [0.1, 0.15) is 0 Å². The molecule has 0 amide bonds. The lowest BCUT2D eigenvalue weighted by Crippen LogP contribution is -2.27.